The maximum absolute atomic E-state index is 9.54. The normalized spacial score (nSPS) is 14.6. The van der Waals surface area contributed by atoms with Gasteiger partial charge in [-0.1, -0.05) is 30.3 Å². The zero-order chi connectivity index (χ0) is 17.8. The molecule has 25 heavy (non-hydrogen) atoms. The number of ether oxygens (including phenoxy) is 1. The molecule has 122 valence electrons. The summed E-state index contributed by atoms with van der Waals surface area (Å²) in [6, 6.07) is 21.6. The Bertz CT molecular complexity index is 890. The largest absolute Gasteiger partial charge is 0.457 e. The van der Waals surface area contributed by atoms with E-state index in [1.807, 2.05) is 68.4 Å². The SMILES string of the molecule is CC1=C(C#N)C(c2ccc(Oc3ccccc3)cc2)C(C#N)=C(C)N1. The average molecular weight is 327 g/mol. The van der Waals surface area contributed by atoms with Crippen LogP contribution in [-0.4, -0.2) is 0 Å². The van der Waals surface area contributed by atoms with Crippen LogP contribution in [0.1, 0.15) is 25.3 Å². The fraction of sp³-hybridized carbons (Fsp3) is 0.143. The Labute approximate surface area is 147 Å². The van der Waals surface area contributed by atoms with Gasteiger partial charge in [0, 0.05) is 11.4 Å². The van der Waals surface area contributed by atoms with E-state index in [0.29, 0.717) is 16.9 Å². The third kappa shape index (κ3) is 3.24. The first-order chi connectivity index (χ1) is 12.1. The molecule has 0 bridgehead atoms. The lowest BCUT2D eigenvalue weighted by molar-refractivity contribution is 0.482. The number of para-hydroxylation sites is 1. The molecule has 0 aliphatic carbocycles. The number of rotatable bonds is 3. The van der Waals surface area contributed by atoms with Crippen molar-refractivity contribution in [1.82, 2.24) is 5.32 Å². The minimum atomic E-state index is -0.345. The van der Waals surface area contributed by atoms with Crippen molar-refractivity contribution in [3.63, 3.8) is 0 Å². The van der Waals surface area contributed by atoms with Crippen LogP contribution in [0.4, 0.5) is 0 Å². The fourth-order valence-electron chi connectivity index (χ4n) is 2.98. The second kappa shape index (κ2) is 6.95. The van der Waals surface area contributed by atoms with Gasteiger partial charge in [-0.25, -0.2) is 0 Å². The molecular weight excluding hydrogens is 310 g/mol. The van der Waals surface area contributed by atoms with Gasteiger partial charge in [-0.05, 0) is 43.7 Å². The van der Waals surface area contributed by atoms with Crippen molar-refractivity contribution in [2.24, 2.45) is 0 Å². The van der Waals surface area contributed by atoms with Crippen molar-refractivity contribution in [3.05, 3.63) is 82.7 Å². The molecule has 1 heterocycles. The lowest BCUT2D eigenvalue weighted by atomic mass is 9.81. The quantitative estimate of drug-likeness (QED) is 0.882. The van der Waals surface area contributed by atoms with Crippen LogP contribution in [0, 0.1) is 22.7 Å². The predicted octanol–water partition coefficient (Wildman–Crippen LogP) is 4.76. The maximum Gasteiger partial charge on any atom is 0.127 e. The standard InChI is InChI=1S/C21H17N3O/c1-14-19(12-22)21(20(13-23)15(2)24-14)16-8-10-18(11-9-16)25-17-6-4-3-5-7-17/h3-11,21,24H,1-2H3. The van der Waals surface area contributed by atoms with Gasteiger partial charge in [0.25, 0.3) is 0 Å². The van der Waals surface area contributed by atoms with Gasteiger partial charge in [0.05, 0.1) is 29.2 Å². The highest BCUT2D eigenvalue weighted by atomic mass is 16.5. The van der Waals surface area contributed by atoms with Crippen LogP contribution in [0.25, 0.3) is 0 Å². The van der Waals surface area contributed by atoms with E-state index in [1.165, 1.54) is 0 Å². The summed E-state index contributed by atoms with van der Waals surface area (Å²) in [6.07, 6.45) is 0. The molecule has 1 N–H and O–H groups in total. The lowest BCUT2D eigenvalue weighted by Gasteiger charge is -2.26. The summed E-state index contributed by atoms with van der Waals surface area (Å²) in [7, 11) is 0. The summed E-state index contributed by atoms with van der Waals surface area (Å²) in [5.74, 6) is 1.13. The van der Waals surface area contributed by atoms with E-state index in [0.717, 1.165) is 22.7 Å². The fourth-order valence-corrected chi connectivity index (χ4v) is 2.98. The third-order valence-electron chi connectivity index (χ3n) is 4.19. The Morgan fingerprint density at radius 1 is 0.800 bits per heavy atom. The Kier molecular flexibility index (Phi) is 4.55. The summed E-state index contributed by atoms with van der Waals surface area (Å²) >= 11 is 0. The molecule has 4 heteroatoms. The van der Waals surface area contributed by atoms with Crippen molar-refractivity contribution in [3.8, 4) is 23.6 Å². The number of nitriles is 2. The monoisotopic (exact) mass is 327 g/mol. The van der Waals surface area contributed by atoms with Crippen molar-refractivity contribution < 1.29 is 4.74 Å². The van der Waals surface area contributed by atoms with Crippen molar-refractivity contribution in [1.29, 1.82) is 10.5 Å². The van der Waals surface area contributed by atoms with Crippen molar-refractivity contribution in [2.45, 2.75) is 19.8 Å². The van der Waals surface area contributed by atoms with E-state index in [2.05, 4.69) is 17.5 Å². The smallest absolute Gasteiger partial charge is 0.127 e. The minimum absolute atomic E-state index is 0.345. The van der Waals surface area contributed by atoms with Crippen LogP contribution < -0.4 is 10.1 Å². The number of allylic oxidation sites excluding steroid dienone is 4. The van der Waals surface area contributed by atoms with Crippen molar-refractivity contribution >= 4 is 0 Å². The van der Waals surface area contributed by atoms with Gasteiger partial charge in [0.15, 0.2) is 0 Å². The molecule has 0 radical (unpaired) electrons. The number of nitrogens with one attached hydrogen (secondary N) is 1. The first-order valence-corrected chi connectivity index (χ1v) is 7.95. The highest BCUT2D eigenvalue weighted by Gasteiger charge is 2.29. The van der Waals surface area contributed by atoms with Crippen molar-refractivity contribution in [2.75, 3.05) is 0 Å². The van der Waals surface area contributed by atoms with Gasteiger partial charge < -0.3 is 10.1 Å². The highest BCUT2D eigenvalue weighted by molar-refractivity contribution is 5.55. The number of hydrogen-bond acceptors (Lipinski definition) is 4. The molecule has 0 saturated carbocycles. The first-order valence-electron chi connectivity index (χ1n) is 7.95. The van der Waals surface area contributed by atoms with Crippen LogP contribution >= 0.6 is 0 Å². The van der Waals surface area contributed by atoms with Crippen LogP contribution in [0.2, 0.25) is 0 Å². The van der Waals surface area contributed by atoms with E-state index in [-0.39, 0.29) is 5.92 Å². The molecule has 0 aromatic heterocycles. The van der Waals surface area contributed by atoms with Crippen LogP contribution in [0.5, 0.6) is 11.5 Å². The van der Waals surface area contributed by atoms with Gasteiger partial charge >= 0.3 is 0 Å². The number of dihydropyridines is 1. The summed E-state index contributed by atoms with van der Waals surface area (Å²) in [5.41, 5.74) is 3.61. The van der Waals surface area contributed by atoms with Crippen LogP contribution in [0.15, 0.2) is 77.1 Å². The molecule has 1 aliphatic heterocycles. The molecule has 0 atom stereocenters. The maximum atomic E-state index is 9.54. The number of benzene rings is 2. The molecular formula is C21H17N3O. The predicted molar refractivity (Wildman–Crippen MR) is 95.5 cm³/mol. The van der Waals surface area contributed by atoms with Gasteiger partial charge in [-0.3, -0.25) is 0 Å². The lowest BCUT2D eigenvalue weighted by Crippen LogP contribution is -2.23. The Morgan fingerprint density at radius 2 is 1.32 bits per heavy atom. The topological polar surface area (TPSA) is 68.8 Å². The van der Waals surface area contributed by atoms with Gasteiger partial charge in [0.2, 0.25) is 0 Å². The number of hydrogen-bond donors (Lipinski definition) is 1. The van der Waals surface area contributed by atoms with Crippen LogP contribution in [-0.2, 0) is 0 Å². The second-order valence-electron chi connectivity index (χ2n) is 5.84. The molecule has 0 spiro atoms. The third-order valence-corrected chi connectivity index (χ3v) is 4.19. The Hall–Kier alpha value is -3.50. The molecule has 4 nitrogen and oxygen atoms in total. The average Bonchev–Trinajstić information content (AvgIpc) is 2.63. The van der Waals surface area contributed by atoms with E-state index in [1.54, 1.807) is 0 Å². The Balaban J connectivity index is 1.94. The summed E-state index contributed by atoms with van der Waals surface area (Å²) in [4.78, 5) is 0. The van der Waals surface area contributed by atoms with E-state index >= 15 is 0 Å². The van der Waals surface area contributed by atoms with Gasteiger partial charge in [0.1, 0.15) is 11.5 Å². The van der Waals surface area contributed by atoms with E-state index in [9.17, 15) is 10.5 Å². The van der Waals surface area contributed by atoms with Crippen LogP contribution in [0.3, 0.4) is 0 Å². The summed E-state index contributed by atoms with van der Waals surface area (Å²) < 4.78 is 5.80. The molecule has 2 aromatic rings. The zero-order valence-electron chi connectivity index (χ0n) is 14.1. The molecule has 2 aromatic carbocycles. The first kappa shape index (κ1) is 16.4. The molecule has 0 unspecified atom stereocenters. The van der Waals surface area contributed by atoms with E-state index in [4.69, 9.17) is 4.74 Å². The van der Waals surface area contributed by atoms with E-state index < -0.39 is 0 Å². The number of nitrogens with zero attached hydrogens (tertiary/aromatic N) is 2. The molecule has 3 rings (SSSR count). The second-order valence-corrected chi connectivity index (χ2v) is 5.84. The summed E-state index contributed by atoms with van der Waals surface area (Å²) in [5, 5.41) is 22.2. The molecule has 1 aliphatic rings. The van der Waals surface area contributed by atoms with Gasteiger partial charge in [-0.15, -0.1) is 0 Å². The highest BCUT2D eigenvalue weighted by Crippen LogP contribution is 2.37. The molecule has 0 amide bonds. The zero-order valence-corrected chi connectivity index (χ0v) is 14.1. The summed E-state index contributed by atoms with van der Waals surface area (Å²) in [6.45, 7) is 3.71. The molecule has 0 fully saturated rings. The molecule has 0 saturated heterocycles. The van der Waals surface area contributed by atoms with Gasteiger partial charge in [-0.2, -0.15) is 10.5 Å². The Morgan fingerprint density at radius 3 is 1.84 bits per heavy atom. The minimum Gasteiger partial charge on any atom is -0.457 e.